The van der Waals surface area contributed by atoms with E-state index in [0.29, 0.717) is 6.54 Å². The predicted octanol–water partition coefficient (Wildman–Crippen LogP) is 3.55. The maximum Gasteiger partial charge on any atom is 0.408 e. The standard InChI is InChI=1S/C23H35N3O4/c1-6-7-15-24-20(27)19(17-11-9-8-10-12-17)26(18-13-14-18)21(28)16(2)25-22(29)30-23(3,4)5/h8-12,16,18-19H,6-7,13-15H2,1-5H3,(H,24,27)(H,25,29). The summed E-state index contributed by atoms with van der Waals surface area (Å²) in [5.41, 5.74) is 0.102. The molecule has 30 heavy (non-hydrogen) atoms. The van der Waals surface area contributed by atoms with E-state index in [4.69, 9.17) is 4.74 Å². The van der Waals surface area contributed by atoms with Crippen LogP contribution in [0.3, 0.4) is 0 Å². The maximum atomic E-state index is 13.4. The molecule has 1 fully saturated rings. The Hall–Kier alpha value is -2.57. The Labute approximate surface area is 179 Å². The van der Waals surface area contributed by atoms with Crippen LogP contribution in [0.5, 0.6) is 0 Å². The van der Waals surface area contributed by atoms with Crippen molar-refractivity contribution in [2.45, 2.75) is 84.0 Å². The topological polar surface area (TPSA) is 87.7 Å². The Bertz CT molecular complexity index is 726. The van der Waals surface area contributed by atoms with Gasteiger partial charge in [0.2, 0.25) is 11.8 Å². The molecule has 0 aliphatic heterocycles. The summed E-state index contributed by atoms with van der Waals surface area (Å²) < 4.78 is 5.27. The van der Waals surface area contributed by atoms with Crippen LogP contribution in [0.25, 0.3) is 0 Å². The first-order chi connectivity index (χ1) is 14.1. The molecule has 1 aromatic rings. The Morgan fingerprint density at radius 2 is 1.80 bits per heavy atom. The van der Waals surface area contributed by atoms with Crippen molar-refractivity contribution in [1.29, 1.82) is 0 Å². The van der Waals surface area contributed by atoms with Crippen LogP contribution in [-0.4, -0.2) is 47.0 Å². The molecule has 2 rings (SSSR count). The van der Waals surface area contributed by atoms with E-state index < -0.39 is 23.8 Å². The smallest absolute Gasteiger partial charge is 0.408 e. The molecule has 166 valence electrons. The second-order valence-electron chi connectivity index (χ2n) is 8.80. The molecule has 1 saturated carbocycles. The van der Waals surface area contributed by atoms with Crippen LogP contribution in [0.2, 0.25) is 0 Å². The highest BCUT2D eigenvalue weighted by Crippen LogP contribution is 2.35. The first-order valence-electron chi connectivity index (χ1n) is 10.8. The van der Waals surface area contributed by atoms with Crippen molar-refractivity contribution < 1.29 is 19.1 Å². The number of ether oxygens (including phenoxy) is 1. The van der Waals surface area contributed by atoms with Crippen LogP contribution in [-0.2, 0) is 14.3 Å². The van der Waals surface area contributed by atoms with Crippen LogP contribution in [0.4, 0.5) is 4.79 Å². The summed E-state index contributed by atoms with van der Waals surface area (Å²) in [5.74, 6) is -0.484. The van der Waals surface area contributed by atoms with Crippen molar-refractivity contribution in [3.05, 3.63) is 35.9 Å². The molecule has 2 atom stereocenters. The summed E-state index contributed by atoms with van der Waals surface area (Å²) in [4.78, 5) is 40.2. The van der Waals surface area contributed by atoms with Gasteiger partial charge in [-0.2, -0.15) is 0 Å². The van der Waals surface area contributed by atoms with Gasteiger partial charge in [-0.3, -0.25) is 9.59 Å². The third kappa shape index (κ3) is 7.04. The lowest BCUT2D eigenvalue weighted by molar-refractivity contribution is -0.142. The zero-order chi connectivity index (χ0) is 22.3. The molecule has 0 heterocycles. The third-order valence-corrected chi connectivity index (χ3v) is 4.77. The van der Waals surface area contributed by atoms with Crippen LogP contribution in [0, 0.1) is 0 Å². The molecule has 0 bridgehead atoms. The monoisotopic (exact) mass is 417 g/mol. The van der Waals surface area contributed by atoms with Gasteiger partial charge in [0.05, 0.1) is 0 Å². The third-order valence-electron chi connectivity index (χ3n) is 4.77. The van der Waals surface area contributed by atoms with Gasteiger partial charge >= 0.3 is 6.09 Å². The fourth-order valence-corrected chi connectivity index (χ4v) is 3.20. The normalized spacial score (nSPS) is 15.6. The number of hydrogen-bond acceptors (Lipinski definition) is 4. The van der Waals surface area contributed by atoms with Crippen molar-refractivity contribution in [3.8, 4) is 0 Å². The number of benzene rings is 1. The Morgan fingerprint density at radius 3 is 2.33 bits per heavy atom. The van der Waals surface area contributed by atoms with Gasteiger partial charge in [-0.15, -0.1) is 0 Å². The second kappa shape index (κ2) is 10.5. The van der Waals surface area contributed by atoms with Crippen molar-refractivity contribution in [2.75, 3.05) is 6.54 Å². The largest absolute Gasteiger partial charge is 0.444 e. The van der Waals surface area contributed by atoms with Crippen LogP contribution in [0.15, 0.2) is 30.3 Å². The zero-order valence-corrected chi connectivity index (χ0v) is 18.7. The van der Waals surface area contributed by atoms with E-state index in [1.165, 1.54) is 0 Å². The quantitative estimate of drug-likeness (QED) is 0.602. The van der Waals surface area contributed by atoms with Gasteiger partial charge in [-0.05, 0) is 52.5 Å². The molecule has 7 heteroatoms. The van der Waals surface area contributed by atoms with Crippen molar-refractivity contribution in [1.82, 2.24) is 15.5 Å². The van der Waals surface area contributed by atoms with Crippen molar-refractivity contribution >= 4 is 17.9 Å². The number of carbonyl (C=O) groups is 3. The zero-order valence-electron chi connectivity index (χ0n) is 18.7. The Morgan fingerprint density at radius 1 is 1.17 bits per heavy atom. The fraction of sp³-hybridized carbons (Fsp3) is 0.609. The van der Waals surface area contributed by atoms with Crippen molar-refractivity contribution in [3.63, 3.8) is 0 Å². The van der Waals surface area contributed by atoms with E-state index >= 15 is 0 Å². The molecule has 2 N–H and O–H groups in total. The average Bonchev–Trinajstić information content (AvgIpc) is 3.49. The number of nitrogens with zero attached hydrogens (tertiary/aromatic N) is 1. The number of nitrogens with one attached hydrogen (secondary N) is 2. The summed E-state index contributed by atoms with van der Waals surface area (Å²) in [5, 5.41) is 5.58. The lowest BCUT2D eigenvalue weighted by Crippen LogP contribution is -2.52. The number of unbranched alkanes of at least 4 members (excludes halogenated alkanes) is 1. The van der Waals surface area contributed by atoms with Gasteiger partial charge in [-0.1, -0.05) is 43.7 Å². The summed E-state index contributed by atoms with van der Waals surface area (Å²) in [7, 11) is 0. The minimum atomic E-state index is -0.810. The molecule has 3 amide bonds. The number of alkyl carbamates (subject to hydrolysis) is 1. The van der Waals surface area contributed by atoms with E-state index in [1.807, 2.05) is 30.3 Å². The minimum Gasteiger partial charge on any atom is -0.444 e. The van der Waals surface area contributed by atoms with E-state index in [2.05, 4.69) is 17.6 Å². The number of rotatable bonds is 9. The molecule has 2 unspecified atom stereocenters. The van der Waals surface area contributed by atoms with Gasteiger partial charge in [-0.25, -0.2) is 4.79 Å². The van der Waals surface area contributed by atoms with Gasteiger partial charge < -0.3 is 20.3 Å². The SMILES string of the molecule is CCCCNC(=O)C(c1ccccc1)N(C(=O)C(C)NC(=O)OC(C)(C)C)C1CC1. The lowest BCUT2D eigenvalue weighted by Gasteiger charge is -2.33. The van der Waals surface area contributed by atoms with Gasteiger partial charge in [0, 0.05) is 12.6 Å². The Kier molecular flexibility index (Phi) is 8.26. The Balaban J connectivity index is 2.22. The number of amides is 3. The van der Waals surface area contributed by atoms with E-state index in [0.717, 1.165) is 31.2 Å². The molecule has 1 aliphatic carbocycles. The molecule has 1 aromatic carbocycles. The first kappa shape index (κ1) is 23.7. The molecule has 7 nitrogen and oxygen atoms in total. The molecule has 0 aromatic heterocycles. The minimum absolute atomic E-state index is 0.0116. The summed E-state index contributed by atoms with van der Waals surface area (Å²) >= 11 is 0. The average molecular weight is 418 g/mol. The van der Waals surface area contributed by atoms with E-state index in [-0.39, 0.29) is 17.9 Å². The molecular weight excluding hydrogens is 382 g/mol. The van der Waals surface area contributed by atoms with Crippen LogP contribution >= 0.6 is 0 Å². The molecular formula is C23H35N3O4. The predicted molar refractivity (Wildman–Crippen MR) is 116 cm³/mol. The summed E-state index contributed by atoms with van der Waals surface area (Å²) in [6, 6.07) is 7.77. The summed E-state index contributed by atoms with van der Waals surface area (Å²) in [6.07, 6.45) is 2.88. The summed E-state index contributed by atoms with van der Waals surface area (Å²) in [6.45, 7) is 9.55. The highest BCUT2D eigenvalue weighted by molar-refractivity contribution is 5.92. The first-order valence-corrected chi connectivity index (χ1v) is 10.8. The highest BCUT2D eigenvalue weighted by atomic mass is 16.6. The van der Waals surface area contributed by atoms with Crippen LogP contribution < -0.4 is 10.6 Å². The van der Waals surface area contributed by atoms with Crippen LogP contribution in [0.1, 0.15) is 71.9 Å². The second-order valence-corrected chi connectivity index (χ2v) is 8.80. The molecule has 1 aliphatic rings. The molecule has 0 radical (unpaired) electrons. The number of carbonyl (C=O) groups excluding carboxylic acids is 3. The lowest BCUT2D eigenvalue weighted by atomic mass is 10.0. The fourth-order valence-electron chi connectivity index (χ4n) is 3.20. The van der Waals surface area contributed by atoms with Crippen molar-refractivity contribution in [2.24, 2.45) is 0 Å². The molecule has 0 spiro atoms. The van der Waals surface area contributed by atoms with E-state index in [1.54, 1.807) is 32.6 Å². The van der Waals surface area contributed by atoms with Gasteiger partial charge in [0.1, 0.15) is 17.7 Å². The van der Waals surface area contributed by atoms with Gasteiger partial charge in [0.25, 0.3) is 0 Å². The van der Waals surface area contributed by atoms with Gasteiger partial charge in [0.15, 0.2) is 0 Å². The molecule has 0 saturated heterocycles. The number of hydrogen-bond donors (Lipinski definition) is 2. The highest BCUT2D eigenvalue weighted by Gasteiger charge is 2.43. The van der Waals surface area contributed by atoms with E-state index in [9.17, 15) is 14.4 Å². The maximum absolute atomic E-state index is 13.4.